The second-order valence-electron chi connectivity index (χ2n) is 3.94. The summed E-state index contributed by atoms with van der Waals surface area (Å²) >= 11 is 5.85. The Morgan fingerprint density at radius 2 is 2.12 bits per heavy atom. The molecule has 0 bridgehead atoms. The van der Waals surface area contributed by atoms with Crippen LogP contribution in [0.25, 0.3) is 0 Å². The summed E-state index contributed by atoms with van der Waals surface area (Å²) in [6.07, 6.45) is 0. The summed E-state index contributed by atoms with van der Waals surface area (Å²) < 4.78 is 0. The largest absolute Gasteiger partial charge is 0.393 e. The molecule has 2 amide bonds. The minimum atomic E-state index is -1.34. The van der Waals surface area contributed by atoms with E-state index in [0.717, 1.165) is 0 Å². The maximum Gasteiger partial charge on any atom is 0.319 e. The molecule has 0 spiro atoms. The first-order valence-electron chi connectivity index (χ1n) is 5.07. The van der Waals surface area contributed by atoms with Gasteiger partial charge in [-0.05, 0) is 19.1 Å². The number of rotatable bonds is 4. The van der Waals surface area contributed by atoms with Gasteiger partial charge in [0, 0.05) is 0 Å². The van der Waals surface area contributed by atoms with E-state index in [1.165, 1.54) is 6.92 Å². The van der Waals surface area contributed by atoms with E-state index in [1.807, 2.05) is 0 Å². The molecule has 0 saturated heterocycles. The molecule has 0 aromatic heterocycles. The van der Waals surface area contributed by atoms with Crippen LogP contribution in [0, 0.1) is 0 Å². The van der Waals surface area contributed by atoms with Gasteiger partial charge in [-0.2, -0.15) is 0 Å². The quantitative estimate of drug-likeness (QED) is 0.655. The number of carbonyl (C=O) groups is 1. The van der Waals surface area contributed by atoms with Crippen LogP contribution in [0.2, 0.25) is 5.02 Å². The number of carbonyl (C=O) groups excluding carboxylic acids is 1. The van der Waals surface area contributed by atoms with Crippen molar-refractivity contribution in [1.82, 2.24) is 5.32 Å². The van der Waals surface area contributed by atoms with Gasteiger partial charge in [-0.1, -0.05) is 23.7 Å². The number of anilines is 1. The lowest BCUT2D eigenvalue weighted by Crippen LogP contribution is -2.44. The molecule has 0 fully saturated rings. The average Bonchev–Trinajstić information content (AvgIpc) is 2.30. The first-order valence-corrected chi connectivity index (χ1v) is 5.45. The Balaban J connectivity index is 2.48. The highest BCUT2D eigenvalue weighted by Gasteiger charge is 2.19. The Bertz CT molecular complexity index is 396. The lowest BCUT2D eigenvalue weighted by molar-refractivity contribution is 0.00514. The third-order valence-electron chi connectivity index (χ3n) is 2.09. The zero-order valence-corrected chi connectivity index (χ0v) is 10.2. The Hall–Kier alpha value is -1.30. The molecule has 0 radical (unpaired) electrons. The molecule has 0 aliphatic heterocycles. The Labute approximate surface area is 104 Å². The molecule has 4 N–H and O–H groups in total. The van der Waals surface area contributed by atoms with E-state index in [2.05, 4.69) is 10.6 Å². The number of aliphatic hydroxyl groups is 2. The van der Waals surface area contributed by atoms with Crippen LogP contribution in [0.4, 0.5) is 10.5 Å². The van der Waals surface area contributed by atoms with Crippen LogP contribution in [-0.2, 0) is 0 Å². The molecule has 1 unspecified atom stereocenters. The van der Waals surface area contributed by atoms with Crippen LogP contribution in [0.5, 0.6) is 0 Å². The van der Waals surface area contributed by atoms with Crippen molar-refractivity contribution in [3.05, 3.63) is 29.3 Å². The number of para-hydroxylation sites is 1. The van der Waals surface area contributed by atoms with Crippen molar-refractivity contribution in [3.63, 3.8) is 0 Å². The number of nitrogens with one attached hydrogen (secondary N) is 2. The summed E-state index contributed by atoms with van der Waals surface area (Å²) in [4.78, 5) is 11.5. The Morgan fingerprint density at radius 3 is 2.71 bits per heavy atom. The Kier molecular flexibility index (Phi) is 4.74. The molecule has 1 atom stereocenters. The zero-order valence-electron chi connectivity index (χ0n) is 9.40. The smallest absolute Gasteiger partial charge is 0.319 e. The summed E-state index contributed by atoms with van der Waals surface area (Å²) in [5.74, 6) is 0. The first-order chi connectivity index (χ1) is 7.94. The highest BCUT2D eigenvalue weighted by Crippen LogP contribution is 2.20. The van der Waals surface area contributed by atoms with Crippen molar-refractivity contribution in [2.45, 2.75) is 12.5 Å². The summed E-state index contributed by atoms with van der Waals surface area (Å²) in [6.45, 7) is 0.932. The normalized spacial score (nSPS) is 13.9. The lowest BCUT2D eigenvalue weighted by atomic mass is 10.1. The van der Waals surface area contributed by atoms with Gasteiger partial charge < -0.3 is 20.8 Å². The highest BCUT2D eigenvalue weighted by atomic mass is 35.5. The fraction of sp³-hybridized carbons (Fsp3) is 0.364. The number of amides is 2. The summed E-state index contributed by atoms with van der Waals surface area (Å²) in [5.41, 5.74) is -0.854. The van der Waals surface area contributed by atoms with Crippen molar-refractivity contribution in [2.75, 3.05) is 18.5 Å². The maximum atomic E-state index is 11.5. The SMILES string of the molecule is CC(O)(CO)CNC(=O)Nc1ccccc1Cl. The number of benzene rings is 1. The van der Waals surface area contributed by atoms with Crippen LogP contribution < -0.4 is 10.6 Å². The van der Waals surface area contributed by atoms with Gasteiger partial charge >= 0.3 is 6.03 Å². The van der Waals surface area contributed by atoms with E-state index in [4.69, 9.17) is 16.7 Å². The van der Waals surface area contributed by atoms with Gasteiger partial charge in [-0.3, -0.25) is 0 Å². The second kappa shape index (κ2) is 5.86. The van der Waals surface area contributed by atoms with E-state index in [1.54, 1.807) is 24.3 Å². The third-order valence-corrected chi connectivity index (χ3v) is 2.42. The fourth-order valence-corrected chi connectivity index (χ4v) is 1.24. The van der Waals surface area contributed by atoms with Crippen molar-refractivity contribution in [2.24, 2.45) is 0 Å². The predicted molar refractivity (Wildman–Crippen MR) is 66.2 cm³/mol. The minimum absolute atomic E-state index is 0.0558. The number of aliphatic hydroxyl groups excluding tert-OH is 1. The van der Waals surface area contributed by atoms with Gasteiger partial charge in [0.1, 0.15) is 5.60 Å². The molecule has 17 heavy (non-hydrogen) atoms. The molecular formula is C11H15ClN2O3. The third kappa shape index (κ3) is 4.60. The van der Waals surface area contributed by atoms with Crippen LogP contribution in [0.1, 0.15) is 6.92 Å². The summed E-state index contributed by atoms with van der Waals surface area (Å²) in [5, 5.41) is 23.7. The van der Waals surface area contributed by atoms with E-state index in [-0.39, 0.29) is 6.54 Å². The van der Waals surface area contributed by atoms with Gasteiger partial charge in [0.15, 0.2) is 0 Å². The average molecular weight is 259 g/mol. The fourth-order valence-electron chi connectivity index (χ4n) is 1.06. The molecule has 1 aromatic rings. The standard InChI is InChI=1S/C11H15ClN2O3/c1-11(17,7-15)6-13-10(16)14-9-5-3-2-4-8(9)12/h2-5,15,17H,6-7H2,1H3,(H2,13,14,16). The number of hydrogen-bond acceptors (Lipinski definition) is 3. The van der Waals surface area contributed by atoms with Crippen LogP contribution >= 0.6 is 11.6 Å². The minimum Gasteiger partial charge on any atom is -0.393 e. The maximum absolute atomic E-state index is 11.5. The molecule has 1 rings (SSSR count). The van der Waals surface area contributed by atoms with E-state index >= 15 is 0 Å². The van der Waals surface area contributed by atoms with Gasteiger partial charge in [-0.15, -0.1) is 0 Å². The summed E-state index contributed by atoms with van der Waals surface area (Å²) in [6, 6.07) is 6.31. The highest BCUT2D eigenvalue weighted by molar-refractivity contribution is 6.33. The predicted octanol–water partition coefficient (Wildman–Crippen LogP) is 1.20. The van der Waals surface area contributed by atoms with Crippen LogP contribution in [0.3, 0.4) is 0 Å². The number of halogens is 1. The van der Waals surface area contributed by atoms with Crippen molar-refractivity contribution in [3.8, 4) is 0 Å². The van der Waals surface area contributed by atoms with Crippen molar-refractivity contribution < 1.29 is 15.0 Å². The van der Waals surface area contributed by atoms with E-state index < -0.39 is 18.2 Å². The van der Waals surface area contributed by atoms with Crippen LogP contribution in [-0.4, -0.2) is 35.0 Å². The molecule has 5 nitrogen and oxygen atoms in total. The molecule has 1 aromatic carbocycles. The number of urea groups is 1. The van der Waals surface area contributed by atoms with Gasteiger partial charge in [0.25, 0.3) is 0 Å². The molecule has 0 aliphatic rings. The van der Waals surface area contributed by atoms with Gasteiger partial charge in [0.2, 0.25) is 0 Å². The van der Waals surface area contributed by atoms with E-state index in [0.29, 0.717) is 10.7 Å². The Morgan fingerprint density at radius 1 is 1.47 bits per heavy atom. The molecule has 0 aliphatic carbocycles. The first kappa shape index (κ1) is 13.8. The number of hydrogen-bond donors (Lipinski definition) is 4. The van der Waals surface area contributed by atoms with E-state index in [9.17, 15) is 9.90 Å². The molecule has 0 saturated carbocycles. The molecule has 94 valence electrons. The van der Waals surface area contributed by atoms with Gasteiger partial charge in [-0.25, -0.2) is 4.79 Å². The van der Waals surface area contributed by atoms with Gasteiger partial charge in [0.05, 0.1) is 23.9 Å². The molecular weight excluding hydrogens is 244 g/mol. The van der Waals surface area contributed by atoms with Crippen molar-refractivity contribution >= 4 is 23.3 Å². The van der Waals surface area contributed by atoms with Crippen LogP contribution in [0.15, 0.2) is 24.3 Å². The van der Waals surface area contributed by atoms with Crippen molar-refractivity contribution in [1.29, 1.82) is 0 Å². The monoisotopic (exact) mass is 258 g/mol. The molecule has 0 heterocycles. The molecule has 6 heteroatoms. The lowest BCUT2D eigenvalue weighted by Gasteiger charge is -2.20. The summed E-state index contributed by atoms with van der Waals surface area (Å²) in [7, 11) is 0. The topological polar surface area (TPSA) is 81.6 Å². The second-order valence-corrected chi connectivity index (χ2v) is 4.35. The zero-order chi connectivity index (χ0) is 12.9.